The highest BCUT2D eigenvalue weighted by Crippen LogP contribution is 2.08. The number of nitrogens with one attached hydrogen (secondary N) is 1. The Kier molecular flexibility index (Phi) is 4.19. The van der Waals surface area contributed by atoms with Crippen molar-refractivity contribution in [1.29, 1.82) is 0 Å². The third-order valence-corrected chi connectivity index (χ3v) is 2.66. The van der Waals surface area contributed by atoms with Gasteiger partial charge in [-0.2, -0.15) is 4.79 Å². The second kappa shape index (κ2) is 5.86. The molecule has 0 aliphatic heterocycles. The van der Waals surface area contributed by atoms with Crippen LogP contribution in [-0.4, -0.2) is 31.3 Å². The van der Waals surface area contributed by atoms with Gasteiger partial charge in [0.15, 0.2) is 0 Å². The summed E-state index contributed by atoms with van der Waals surface area (Å²) in [4.78, 5) is 6.01. The first-order valence-electron chi connectivity index (χ1n) is 6.75. The molecule has 2 aromatic heterocycles. The Morgan fingerprint density at radius 3 is 2.68 bits per heavy atom. The first-order chi connectivity index (χ1) is 9.06. The van der Waals surface area contributed by atoms with Crippen LogP contribution in [-0.2, 0) is 6.42 Å². The molecular formula is C13H22N6. The van der Waals surface area contributed by atoms with Crippen molar-refractivity contribution in [2.24, 2.45) is 11.8 Å². The predicted molar refractivity (Wildman–Crippen MR) is 74.9 cm³/mol. The molecule has 0 atom stereocenters. The van der Waals surface area contributed by atoms with E-state index in [1.807, 2.05) is 17.1 Å². The lowest BCUT2D eigenvalue weighted by atomic mass is 10.1. The van der Waals surface area contributed by atoms with Gasteiger partial charge in [-0.15, -0.1) is 5.10 Å². The third-order valence-electron chi connectivity index (χ3n) is 2.66. The Bertz CT molecular complexity index is 511. The lowest BCUT2D eigenvalue weighted by Gasteiger charge is -2.10. The predicted octanol–water partition coefficient (Wildman–Crippen LogP) is 2.05. The zero-order valence-electron chi connectivity index (χ0n) is 12.0. The molecule has 2 heterocycles. The molecule has 2 aromatic rings. The van der Waals surface area contributed by atoms with Gasteiger partial charge in [-0.1, -0.05) is 27.7 Å². The summed E-state index contributed by atoms with van der Waals surface area (Å²) in [7, 11) is 0. The van der Waals surface area contributed by atoms with Crippen LogP contribution in [0.5, 0.6) is 0 Å². The fraction of sp³-hybridized carbons (Fsp3) is 0.615. The van der Waals surface area contributed by atoms with Gasteiger partial charge in [-0.25, -0.2) is 9.66 Å². The molecule has 0 radical (unpaired) electrons. The van der Waals surface area contributed by atoms with E-state index in [9.17, 15) is 0 Å². The Morgan fingerprint density at radius 2 is 2.00 bits per heavy atom. The maximum atomic E-state index is 4.30. The average molecular weight is 262 g/mol. The molecule has 0 unspecified atom stereocenters. The summed E-state index contributed by atoms with van der Waals surface area (Å²) in [6.45, 7) is 9.55. The number of hydrogen-bond donors (Lipinski definition) is 1. The van der Waals surface area contributed by atoms with E-state index in [1.165, 1.54) is 0 Å². The first-order valence-corrected chi connectivity index (χ1v) is 6.75. The number of anilines is 1. The molecule has 0 saturated carbocycles. The van der Waals surface area contributed by atoms with E-state index in [0.717, 1.165) is 24.6 Å². The Labute approximate surface area is 113 Å². The molecule has 0 fully saturated rings. The SMILES string of the molecule is CC(C)CNc1nccn1-n1cc(CC(C)C)nn1. The number of aromatic nitrogens is 5. The van der Waals surface area contributed by atoms with Crippen molar-refractivity contribution >= 4 is 5.95 Å². The molecule has 0 aromatic carbocycles. The second-order valence-electron chi connectivity index (χ2n) is 5.60. The molecule has 0 aliphatic rings. The monoisotopic (exact) mass is 262 g/mol. The van der Waals surface area contributed by atoms with E-state index in [0.29, 0.717) is 11.8 Å². The van der Waals surface area contributed by atoms with Crippen LogP contribution in [0.3, 0.4) is 0 Å². The van der Waals surface area contributed by atoms with E-state index in [2.05, 4.69) is 48.3 Å². The van der Waals surface area contributed by atoms with Gasteiger partial charge in [0.05, 0.1) is 18.1 Å². The number of rotatable bonds is 6. The van der Waals surface area contributed by atoms with Crippen LogP contribution >= 0.6 is 0 Å². The minimum absolute atomic E-state index is 0.567. The number of imidazole rings is 1. The van der Waals surface area contributed by atoms with Gasteiger partial charge in [0.25, 0.3) is 0 Å². The number of nitrogens with zero attached hydrogens (tertiary/aromatic N) is 5. The largest absolute Gasteiger partial charge is 0.354 e. The molecule has 104 valence electrons. The summed E-state index contributed by atoms with van der Waals surface area (Å²) < 4.78 is 1.86. The average Bonchev–Trinajstić information content (AvgIpc) is 2.93. The van der Waals surface area contributed by atoms with Gasteiger partial charge in [0.1, 0.15) is 0 Å². The molecule has 1 N–H and O–H groups in total. The highest BCUT2D eigenvalue weighted by atomic mass is 15.7. The van der Waals surface area contributed by atoms with Crippen molar-refractivity contribution in [3.63, 3.8) is 0 Å². The standard InChI is InChI=1S/C13H22N6/c1-10(2)7-12-9-19(17-16-12)18-6-5-14-13(18)15-8-11(3)4/h5-6,9-11H,7-8H2,1-4H3,(H,14,15). The third kappa shape index (κ3) is 3.56. The zero-order chi connectivity index (χ0) is 13.8. The maximum Gasteiger partial charge on any atom is 0.223 e. The van der Waals surface area contributed by atoms with Gasteiger partial charge in [-0.3, -0.25) is 0 Å². The van der Waals surface area contributed by atoms with Gasteiger partial charge in [0, 0.05) is 12.7 Å². The van der Waals surface area contributed by atoms with Crippen LogP contribution in [0.1, 0.15) is 33.4 Å². The summed E-state index contributed by atoms with van der Waals surface area (Å²) in [5.41, 5.74) is 0.999. The van der Waals surface area contributed by atoms with Crippen LogP contribution in [0.4, 0.5) is 5.95 Å². The van der Waals surface area contributed by atoms with Gasteiger partial charge in [-0.05, 0) is 23.5 Å². The van der Waals surface area contributed by atoms with E-state index in [-0.39, 0.29) is 0 Å². The molecule has 0 amide bonds. The normalized spacial score (nSPS) is 11.5. The van der Waals surface area contributed by atoms with Gasteiger partial charge >= 0.3 is 0 Å². The number of hydrogen-bond acceptors (Lipinski definition) is 4. The lowest BCUT2D eigenvalue weighted by molar-refractivity contribution is 0.551. The molecule has 19 heavy (non-hydrogen) atoms. The molecule has 2 rings (SSSR count). The molecule has 0 spiro atoms. The van der Waals surface area contributed by atoms with E-state index >= 15 is 0 Å². The summed E-state index contributed by atoms with van der Waals surface area (Å²) >= 11 is 0. The first kappa shape index (κ1) is 13.6. The summed E-state index contributed by atoms with van der Waals surface area (Å²) in [5.74, 6) is 1.93. The van der Waals surface area contributed by atoms with Crippen molar-refractivity contribution in [2.75, 3.05) is 11.9 Å². The van der Waals surface area contributed by atoms with Gasteiger partial charge in [0.2, 0.25) is 5.95 Å². The molecule has 6 nitrogen and oxygen atoms in total. The van der Waals surface area contributed by atoms with Crippen LogP contribution in [0.25, 0.3) is 0 Å². The van der Waals surface area contributed by atoms with Crippen molar-refractivity contribution < 1.29 is 0 Å². The van der Waals surface area contributed by atoms with Crippen molar-refractivity contribution in [3.05, 3.63) is 24.3 Å². The van der Waals surface area contributed by atoms with Crippen LogP contribution in [0.2, 0.25) is 0 Å². The quantitative estimate of drug-likeness (QED) is 0.865. The van der Waals surface area contributed by atoms with Crippen molar-refractivity contribution in [2.45, 2.75) is 34.1 Å². The highest BCUT2D eigenvalue weighted by molar-refractivity contribution is 5.25. The fourth-order valence-electron chi connectivity index (χ4n) is 1.79. The molecule has 0 saturated heterocycles. The smallest absolute Gasteiger partial charge is 0.223 e. The molecule has 0 bridgehead atoms. The van der Waals surface area contributed by atoms with Crippen molar-refractivity contribution in [3.8, 4) is 0 Å². The second-order valence-corrected chi connectivity index (χ2v) is 5.60. The fourth-order valence-corrected chi connectivity index (χ4v) is 1.79. The zero-order valence-corrected chi connectivity index (χ0v) is 12.0. The summed E-state index contributed by atoms with van der Waals surface area (Å²) in [6, 6.07) is 0. The molecule has 0 aliphatic carbocycles. The van der Waals surface area contributed by atoms with Crippen molar-refractivity contribution in [1.82, 2.24) is 24.8 Å². The van der Waals surface area contributed by atoms with Crippen LogP contribution in [0.15, 0.2) is 18.6 Å². The van der Waals surface area contributed by atoms with E-state index < -0.39 is 0 Å². The van der Waals surface area contributed by atoms with Gasteiger partial charge < -0.3 is 5.32 Å². The maximum absolute atomic E-state index is 4.30. The molecular weight excluding hydrogens is 240 g/mol. The van der Waals surface area contributed by atoms with E-state index in [4.69, 9.17) is 0 Å². The lowest BCUT2D eigenvalue weighted by Crippen LogP contribution is -2.17. The summed E-state index contributed by atoms with van der Waals surface area (Å²) in [6.07, 6.45) is 6.51. The van der Waals surface area contributed by atoms with Crippen LogP contribution in [0, 0.1) is 11.8 Å². The Hall–Kier alpha value is -1.85. The minimum atomic E-state index is 0.567. The van der Waals surface area contributed by atoms with E-state index in [1.54, 1.807) is 11.0 Å². The van der Waals surface area contributed by atoms with Crippen LogP contribution < -0.4 is 5.32 Å². The topological polar surface area (TPSA) is 60.6 Å². The highest BCUT2D eigenvalue weighted by Gasteiger charge is 2.08. The Morgan fingerprint density at radius 1 is 1.21 bits per heavy atom. The summed E-state index contributed by atoms with van der Waals surface area (Å²) in [5, 5.41) is 11.6. The molecule has 6 heteroatoms. The minimum Gasteiger partial charge on any atom is -0.354 e. The Balaban J connectivity index is 2.13.